The standard InChI is InChI=1S/C14H15N3O3/c18-11(8-5-6-8)7-15-14(20)12-9-3-1-2-4-10(9)13(19)17-16-12/h1-4,8,11,18H,5-7H2,(H,15,20)(H,17,19). The van der Waals surface area contributed by atoms with Crippen molar-refractivity contribution in [2.24, 2.45) is 5.92 Å². The Morgan fingerprint density at radius 3 is 2.80 bits per heavy atom. The Morgan fingerprint density at radius 2 is 2.10 bits per heavy atom. The fraction of sp³-hybridized carbons (Fsp3) is 0.357. The molecule has 1 aliphatic carbocycles. The van der Waals surface area contributed by atoms with Crippen molar-refractivity contribution in [2.45, 2.75) is 18.9 Å². The number of carbonyl (C=O) groups is 1. The third-order valence-electron chi connectivity index (χ3n) is 3.55. The lowest BCUT2D eigenvalue weighted by Gasteiger charge is -2.11. The number of rotatable bonds is 4. The summed E-state index contributed by atoms with van der Waals surface area (Å²) in [5.74, 6) is -0.0901. The van der Waals surface area contributed by atoms with Crippen molar-refractivity contribution in [1.29, 1.82) is 0 Å². The van der Waals surface area contributed by atoms with Crippen LogP contribution in [-0.2, 0) is 0 Å². The molecule has 2 aromatic rings. The van der Waals surface area contributed by atoms with Gasteiger partial charge in [-0.05, 0) is 24.8 Å². The van der Waals surface area contributed by atoms with Gasteiger partial charge >= 0.3 is 0 Å². The van der Waals surface area contributed by atoms with Gasteiger partial charge in [-0.25, -0.2) is 5.10 Å². The topological polar surface area (TPSA) is 95.1 Å². The molecule has 1 aromatic carbocycles. The second-order valence-corrected chi connectivity index (χ2v) is 5.06. The lowest BCUT2D eigenvalue weighted by Crippen LogP contribution is -2.34. The smallest absolute Gasteiger partial charge is 0.272 e. The van der Waals surface area contributed by atoms with Crippen LogP contribution in [-0.4, -0.2) is 33.9 Å². The number of aromatic amines is 1. The molecule has 1 amide bonds. The van der Waals surface area contributed by atoms with Gasteiger partial charge in [0.1, 0.15) is 0 Å². The van der Waals surface area contributed by atoms with Gasteiger partial charge < -0.3 is 10.4 Å². The molecule has 1 fully saturated rings. The van der Waals surface area contributed by atoms with Crippen molar-refractivity contribution in [2.75, 3.05) is 6.54 Å². The lowest BCUT2D eigenvalue weighted by molar-refractivity contribution is 0.0897. The fourth-order valence-electron chi connectivity index (χ4n) is 2.22. The summed E-state index contributed by atoms with van der Waals surface area (Å²) in [5.41, 5.74) is -0.154. The third kappa shape index (κ3) is 2.42. The molecule has 0 spiro atoms. The van der Waals surface area contributed by atoms with Crippen LogP contribution in [0.2, 0.25) is 0 Å². The van der Waals surface area contributed by atoms with Gasteiger partial charge in [-0.15, -0.1) is 0 Å². The summed E-state index contributed by atoms with van der Waals surface area (Å²) in [5, 5.41) is 19.5. The van der Waals surface area contributed by atoms with Crippen molar-refractivity contribution in [3.63, 3.8) is 0 Å². The van der Waals surface area contributed by atoms with Crippen LogP contribution in [0.5, 0.6) is 0 Å². The molecule has 3 rings (SSSR count). The SMILES string of the molecule is O=C(NCC(O)C1CC1)c1n[nH]c(=O)c2ccccc12. The van der Waals surface area contributed by atoms with E-state index >= 15 is 0 Å². The number of aliphatic hydroxyl groups is 1. The minimum absolute atomic E-state index is 0.170. The minimum Gasteiger partial charge on any atom is -0.391 e. The molecule has 20 heavy (non-hydrogen) atoms. The Labute approximate surface area is 114 Å². The molecule has 6 heteroatoms. The van der Waals surface area contributed by atoms with Crippen molar-refractivity contribution in [3.05, 3.63) is 40.3 Å². The molecule has 1 heterocycles. The van der Waals surface area contributed by atoms with Crippen LogP contribution in [0.25, 0.3) is 10.8 Å². The molecule has 1 aliphatic rings. The zero-order chi connectivity index (χ0) is 14.1. The summed E-state index contributed by atoms with van der Waals surface area (Å²) < 4.78 is 0. The second kappa shape index (κ2) is 5.05. The average molecular weight is 273 g/mol. The van der Waals surface area contributed by atoms with Gasteiger partial charge in [0, 0.05) is 11.9 Å². The molecular weight excluding hydrogens is 258 g/mol. The maximum atomic E-state index is 12.1. The van der Waals surface area contributed by atoms with Crippen LogP contribution in [0.1, 0.15) is 23.3 Å². The van der Waals surface area contributed by atoms with E-state index < -0.39 is 12.0 Å². The van der Waals surface area contributed by atoms with Crippen LogP contribution in [0.3, 0.4) is 0 Å². The minimum atomic E-state index is -0.507. The zero-order valence-electron chi connectivity index (χ0n) is 10.8. The molecule has 0 aliphatic heterocycles. The maximum absolute atomic E-state index is 12.1. The summed E-state index contributed by atoms with van der Waals surface area (Å²) in [7, 11) is 0. The van der Waals surface area contributed by atoms with Gasteiger partial charge in [0.25, 0.3) is 11.5 Å². The van der Waals surface area contributed by atoms with Crippen LogP contribution in [0, 0.1) is 5.92 Å². The van der Waals surface area contributed by atoms with E-state index in [0.29, 0.717) is 16.7 Å². The van der Waals surface area contributed by atoms with Crippen LogP contribution in [0.15, 0.2) is 29.1 Å². The molecule has 0 saturated heterocycles. The summed E-state index contributed by atoms with van der Waals surface area (Å²) in [6.07, 6.45) is 1.52. The molecule has 0 bridgehead atoms. The first kappa shape index (κ1) is 12.8. The predicted octanol–water partition coefficient (Wildman–Crippen LogP) is 0.424. The van der Waals surface area contributed by atoms with Gasteiger partial charge in [0.15, 0.2) is 5.69 Å². The van der Waals surface area contributed by atoms with E-state index in [1.807, 2.05) is 0 Å². The Kier molecular flexibility index (Phi) is 3.23. The van der Waals surface area contributed by atoms with Crippen molar-refractivity contribution >= 4 is 16.7 Å². The molecule has 104 valence electrons. The van der Waals surface area contributed by atoms with Crippen LogP contribution in [0.4, 0.5) is 0 Å². The first-order valence-corrected chi connectivity index (χ1v) is 6.60. The number of aliphatic hydroxyl groups excluding tert-OH is 1. The number of nitrogens with zero attached hydrogens (tertiary/aromatic N) is 1. The number of hydrogen-bond donors (Lipinski definition) is 3. The van der Waals surface area contributed by atoms with Crippen LogP contribution < -0.4 is 10.9 Å². The highest BCUT2D eigenvalue weighted by Gasteiger charge is 2.30. The van der Waals surface area contributed by atoms with E-state index in [1.54, 1.807) is 24.3 Å². The van der Waals surface area contributed by atoms with Gasteiger partial charge in [0.2, 0.25) is 0 Å². The molecule has 1 saturated carbocycles. The zero-order valence-corrected chi connectivity index (χ0v) is 10.8. The highest BCUT2D eigenvalue weighted by atomic mass is 16.3. The van der Waals surface area contributed by atoms with E-state index in [1.165, 1.54) is 0 Å². The van der Waals surface area contributed by atoms with Crippen molar-refractivity contribution < 1.29 is 9.90 Å². The molecule has 3 N–H and O–H groups in total. The fourth-order valence-corrected chi connectivity index (χ4v) is 2.22. The lowest BCUT2D eigenvalue weighted by atomic mass is 10.1. The summed E-state index contributed by atoms with van der Waals surface area (Å²) >= 11 is 0. The monoisotopic (exact) mass is 273 g/mol. The molecule has 1 atom stereocenters. The number of carbonyl (C=O) groups excluding carboxylic acids is 1. The number of aromatic nitrogens is 2. The molecule has 6 nitrogen and oxygen atoms in total. The third-order valence-corrected chi connectivity index (χ3v) is 3.55. The molecule has 1 unspecified atom stereocenters. The van der Waals surface area contributed by atoms with E-state index in [9.17, 15) is 14.7 Å². The van der Waals surface area contributed by atoms with Crippen LogP contribution >= 0.6 is 0 Å². The second-order valence-electron chi connectivity index (χ2n) is 5.06. The number of amides is 1. The number of H-pyrrole nitrogens is 1. The normalized spacial score (nSPS) is 16.1. The van der Waals surface area contributed by atoms with Gasteiger partial charge in [-0.3, -0.25) is 9.59 Å². The maximum Gasteiger partial charge on any atom is 0.272 e. The number of hydrogen-bond acceptors (Lipinski definition) is 4. The highest BCUT2D eigenvalue weighted by molar-refractivity contribution is 6.04. The Hall–Kier alpha value is -2.21. The van der Waals surface area contributed by atoms with E-state index in [2.05, 4.69) is 15.5 Å². The number of fused-ring (bicyclic) bond motifs is 1. The van der Waals surface area contributed by atoms with E-state index in [-0.39, 0.29) is 17.8 Å². The van der Waals surface area contributed by atoms with Gasteiger partial charge in [-0.1, -0.05) is 18.2 Å². The summed E-state index contributed by atoms with van der Waals surface area (Å²) in [6.45, 7) is 0.207. The number of benzene rings is 1. The first-order chi connectivity index (χ1) is 9.66. The van der Waals surface area contributed by atoms with Crippen molar-refractivity contribution in [1.82, 2.24) is 15.5 Å². The summed E-state index contributed by atoms with van der Waals surface area (Å²) in [4.78, 5) is 23.7. The Bertz CT molecular complexity index is 706. The largest absolute Gasteiger partial charge is 0.391 e. The summed E-state index contributed by atoms with van der Waals surface area (Å²) in [6, 6.07) is 6.81. The van der Waals surface area contributed by atoms with Gasteiger partial charge in [-0.2, -0.15) is 5.10 Å². The van der Waals surface area contributed by atoms with Gasteiger partial charge in [0.05, 0.1) is 11.5 Å². The van der Waals surface area contributed by atoms with E-state index in [4.69, 9.17) is 0 Å². The first-order valence-electron chi connectivity index (χ1n) is 6.60. The molecular formula is C14H15N3O3. The molecule has 0 radical (unpaired) electrons. The molecule has 1 aromatic heterocycles. The van der Waals surface area contributed by atoms with E-state index in [0.717, 1.165) is 12.8 Å². The number of nitrogens with one attached hydrogen (secondary N) is 2. The Morgan fingerprint density at radius 1 is 1.40 bits per heavy atom. The predicted molar refractivity (Wildman–Crippen MR) is 73.4 cm³/mol. The quantitative estimate of drug-likeness (QED) is 0.752. The highest BCUT2D eigenvalue weighted by Crippen LogP contribution is 2.32. The average Bonchev–Trinajstić information content (AvgIpc) is 3.30. The van der Waals surface area contributed by atoms with Crippen molar-refractivity contribution in [3.8, 4) is 0 Å². The Balaban J connectivity index is 1.84.